The van der Waals surface area contributed by atoms with Crippen LogP contribution in [0.3, 0.4) is 0 Å². The van der Waals surface area contributed by atoms with Gasteiger partial charge in [-0.1, -0.05) is 6.07 Å². The molecule has 3 N–H and O–H groups in total. The van der Waals surface area contributed by atoms with Crippen LogP contribution in [-0.4, -0.2) is 40.2 Å². The van der Waals surface area contributed by atoms with Crippen LogP contribution in [0.15, 0.2) is 22.7 Å². The van der Waals surface area contributed by atoms with Gasteiger partial charge in [-0.25, -0.2) is 4.79 Å². The second-order valence-electron chi connectivity index (χ2n) is 4.71. The fourth-order valence-corrected chi connectivity index (χ4v) is 2.52. The standard InChI is InChI=1S/C13H15BrN2O4/c14-10-5-8(1-2-11(10)17)6-15-13(20)16-4-3-9(7-16)12(18)19/h1-2,5,9,17H,3-4,6-7H2,(H,15,20)(H,18,19). The molecule has 0 saturated carbocycles. The van der Waals surface area contributed by atoms with Crippen LogP contribution < -0.4 is 5.32 Å². The molecule has 1 aliphatic heterocycles. The van der Waals surface area contributed by atoms with Crippen molar-refractivity contribution in [2.45, 2.75) is 13.0 Å². The first kappa shape index (κ1) is 14.6. The Morgan fingerprint density at radius 2 is 2.20 bits per heavy atom. The van der Waals surface area contributed by atoms with Crippen molar-refractivity contribution in [3.63, 3.8) is 0 Å². The van der Waals surface area contributed by atoms with Crippen molar-refractivity contribution in [3.05, 3.63) is 28.2 Å². The van der Waals surface area contributed by atoms with Gasteiger partial charge in [-0.2, -0.15) is 0 Å². The summed E-state index contributed by atoms with van der Waals surface area (Å²) in [4.78, 5) is 24.2. The van der Waals surface area contributed by atoms with E-state index in [9.17, 15) is 14.7 Å². The average Bonchev–Trinajstić information content (AvgIpc) is 2.89. The van der Waals surface area contributed by atoms with Gasteiger partial charge in [0.25, 0.3) is 0 Å². The zero-order valence-corrected chi connectivity index (χ0v) is 12.3. The van der Waals surface area contributed by atoms with Gasteiger partial charge in [0.1, 0.15) is 5.75 Å². The third kappa shape index (κ3) is 3.41. The van der Waals surface area contributed by atoms with E-state index < -0.39 is 11.9 Å². The van der Waals surface area contributed by atoms with E-state index in [1.165, 1.54) is 4.90 Å². The zero-order valence-electron chi connectivity index (χ0n) is 10.7. The Morgan fingerprint density at radius 3 is 2.80 bits per heavy atom. The Hall–Kier alpha value is -1.76. The lowest BCUT2D eigenvalue weighted by Gasteiger charge is -2.16. The Kier molecular flexibility index (Phi) is 4.49. The first-order chi connectivity index (χ1) is 9.47. The second-order valence-corrected chi connectivity index (χ2v) is 5.57. The van der Waals surface area contributed by atoms with Crippen LogP contribution in [0, 0.1) is 5.92 Å². The number of carbonyl (C=O) groups is 2. The number of hydrogen-bond donors (Lipinski definition) is 3. The Balaban J connectivity index is 1.86. The van der Waals surface area contributed by atoms with Gasteiger partial charge in [0.05, 0.1) is 10.4 Å². The number of aromatic hydroxyl groups is 1. The predicted octanol–water partition coefficient (Wildman–Crippen LogP) is 1.77. The maximum atomic E-state index is 11.9. The number of carboxylic acid groups (broad SMARTS) is 1. The predicted molar refractivity (Wildman–Crippen MR) is 75.4 cm³/mol. The first-order valence-electron chi connectivity index (χ1n) is 6.20. The molecule has 0 radical (unpaired) electrons. The highest BCUT2D eigenvalue weighted by atomic mass is 79.9. The van der Waals surface area contributed by atoms with Gasteiger partial charge >= 0.3 is 12.0 Å². The zero-order chi connectivity index (χ0) is 14.7. The highest BCUT2D eigenvalue weighted by Crippen LogP contribution is 2.24. The van der Waals surface area contributed by atoms with Crippen molar-refractivity contribution in [1.82, 2.24) is 10.2 Å². The van der Waals surface area contributed by atoms with E-state index in [1.807, 2.05) is 0 Å². The summed E-state index contributed by atoms with van der Waals surface area (Å²) >= 11 is 3.20. The number of rotatable bonds is 3. The molecule has 20 heavy (non-hydrogen) atoms. The SMILES string of the molecule is O=C(O)C1CCN(C(=O)NCc2ccc(O)c(Br)c2)C1. The summed E-state index contributed by atoms with van der Waals surface area (Å²) in [6.45, 7) is 1.04. The summed E-state index contributed by atoms with van der Waals surface area (Å²) < 4.78 is 0.566. The lowest BCUT2D eigenvalue weighted by Crippen LogP contribution is -2.38. The number of halogens is 1. The van der Waals surface area contributed by atoms with Gasteiger partial charge in [-0.15, -0.1) is 0 Å². The van der Waals surface area contributed by atoms with Gasteiger partial charge in [-0.05, 0) is 40.0 Å². The topological polar surface area (TPSA) is 89.9 Å². The summed E-state index contributed by atoms with van der Waals surface area (Å²) in [5.74, 6) is -1.18. The van der Waals surface area contributed by atoms with Gasteiger partial charge < -0.3 is 20.4 Å². The number of amides is 2. The van der Waals surface area contributed by atoms with Crippen molar-refractivity contribution in [2.75, 3.05) is 13.1 Å². The minimum atomic E-state index is -0.859. The minimum Gasteiger partial charge on any atom is -0.507 e. The fraction of sp³-hybridized carbons (Fsp3) is 0.385. The number of phenolic OH excluding ortho intramolecular Hbond substituents is 1. The number of aliphatic carboxylic acids is 1. The number of phenols is 1. The number of likely N-dealkylation sites (tertiary alicyclic amines) is 1. The van der Waals surface area contributed by atoms with Gasteiger partial charge in [-0.3, -0.25) is 4.79 Å². The molecular formula is C13H15BrN2O4. The molecule has 0 spiro atoms. The quantitative estimate of drug-likeness (QED) is 0.780. The molecule has 1 heterocycles. The summed E-state index contributed by atoms with van der Waals surface area (Å²) in [5.41, 5.74) is 0.844. The van der Waals surface area contributed by atoms with E-state index in [2.05, 4.69) is 21.2 Å². The molecule has 7 heteroatoms. The maximum Gasteiger partial charge on any atom is 0.317 e. The minimum absolute atomic E-state index is 0.143. The fourth-order valence-electron chi connectivity index (χ4n) is 2.10. The molecule has 6 nitrogen and oxygen atoms in total. The molecule has 1 saturated heterocycles. The van der Waals surface area contributed by atoms with Crippen LogP contribution >= 0.6 is 15.9 Å². The smallest absolute Gasteiger partial charge is 0.317 e. The molecule has 1 aliphatic rings. The molecule has 0 aromatic heterocycles. The lowest BCUT2D eigenvalue weighted by atomic mass is 10.1. The summed E-state index contributed by atoms with van der Waals surface area (Å²) in [6.07, 6.45) is 0.494. The van der Waals surface area contributed by atoms with Crippen LogP contribution in [0.2, 0.25) is 0 Å². The van der Waals surface area contributed by atoms with Crippen LogP contribution in [0.1, 0.15) is 12.0 Å². The van der Waals surface area contributed by atoms with E-state index in [4.69, 9.17) is 5.11 Å². The molecule has 1 aromatic rings. The van der Waals surface area contributed by atoms with Gasteiger partial charge in [0.2, 0.25) is 0 Å². The van der Waals surface area contributed by atoms with Crippen LogP contribution in [0.5, 0.6) is 5.75 Å². The maximum absolute atomic E-state index is 11.9. The number of urea groups is 1. The molecule has 1 fully saturated rings. The molecule has 1 unspecified atom stereocenters. The largest absolute Gasteiger partial charge is 0.507 e. The molecular weight excluding hydrogens is 328 g/mol. The van der Waals surface area contributed by atoms with E-state index in [0.29, 0.717) is 24.0 Å². The molecule has 1 atom stereocenters. The second kappa shape index (κ2) is 6.13. The lowest BCUT2D eigenvalue weighted by molar-refractivity contribution is -0.141. The number of nitrogens with one attached hydrogen (secondary N) is 1. The summed E-state index contributed by atoms with van der Waals surface area (Å²) in [7, 11) is 0. The number of nitrogens with zero attached hydrogens (tertiary/aromatic N) is 1. The monoisotopic (exact) mass is 342 g/mol. The summed E-state index contributed by atoms with van der Waals surface area (Å²) in [5, 5.41) is 21.0. The van der Waals surface area contributed by atoms with Crippen molar-refractivity contribution in [3.8, 4) is 5.75 Å². The molecule has 1 aromatic carbocycles. The Bertz CT molecular complexity index is 535. The molecule has 2 rings (SSSR count). The summed E-state index contributed by atoms with van der Waals surface area (Å²) in [6, 6.07) is 4.71. The normalized spacial score (nSPS) is 18.1. The van der Waals surface area contributed by atoms with Gasteiger partial charge in [0.15, 0.2) is 0 Å². The third-order valence-corrected chi connectivity index (χ3v) is 3.92. The van der Waals surface area contributed by atoms with E-state index >= 15 is 0 Å². The molecule has 2 amide bonds. The number of benzene rings is 1. The van der Waals surface area contributed by atoms with Crippen molar-refractivity contribution in [2.24, 2.45) is 5.92 Å². The van der Waals surface area contributed by atoms with Crippen LogP contribution in [0.25, 0.3) is 0 Å². The van der Waals surface area contributed by atoms with Crippen LogP contribution in [0.4, 0.5) is 4.79 Å². The van der Waals surface area contributed by atoms with E-state index in [0.717, 1.165) is 5.56 Å². The Labute approximate surface area is 124 Å². The number of carbonyl (C=O) groups excluding carboxylic acids is 1. The van der Waals surface area contributed by atoms with Gasteiger partial charge in [0, 0.05) is 19.6 Å². The highest BCUT2D eigenvalue weighted by molar-refractivity contribution is 9.10. The third-order valence-electron chi connectivity index (χ3n) is 3.28. The number of hydrogen-bond acceptors (Lipinski definition) is 3. The average molecular weight is 343 g/mol. The van der Waals surface area contributed by atoms with E-state index in [-0.39, 0.29) is 18.3 Å². The number of carboxylic acids is 1. The molecule has 0 bridgehead atoms. The highest BCUT2D eigenvalue weighted by Gasteiger charge is 2.30. The first-order valence-corrected chi connectivity index (χ1v) is 6.99. The Morgan fingerprint density at radius 1 is 1.45 bits per heavy atom. The van der Waals surface area contributed by atoms with E-state index in [1.54, 1.807) is 18.2 Å². The molecule has 0 aliphatic carbocycles. The van der Waals surface area contributed by atoms with Crippen molar-refractivity contribution in [1.29, 1.82) is 0 Å². The molecule has 108 valence electrons. The van der Waals surface area contributed by atoms with Crippen LogP contribution in [-0.2, 0) is 11.3 Å². The van der Waals surface area contributed by atoms with Crippen molar-refractivity contribution >= 4 is 27.9 Å². The van der Waals surface area contributed by atoms with Crippen molar-refractivity contribution < 1.29 is 19.8 Å².